The van der Waals surface area contributed by atoms with Crippen LogP contribution >= 0.6 is 0 Å². The predicted octanol–water partition coefficient (Wildman–Crippen LogP) is 3.01. The first kappa shape index (κ1) is 11.7. The van der Waals surface area contributed by atoms with Crippen LogP contribution in [0.4, 0.5) is 10.1 Å². The first-order chi connectivity index (χ1) is 9.25. The highest BCUT2D eigenvalue weighted by molar-refractivity contribution is 6.05. The third kappa shape index (κ3) is 2.17. The number of carbonyl (C=O) groups is 1. The Kier molecular flexibility index (Phi) is 2.91. The fraction of sp³-hybridized carbons (Fsp3) is 0.133. The highest BCUT2D eigenvalue weighted by Gasteiger charge is 2.18. The molecule has 2 aromatic rings. The smallest absolute Gasteiger partial charge is 0.258 e. The van der Waals surface area contributed by atoms with E-state index in [-0.39, 0.29) is 5.56 Å². The van der Waals surface area contributed by atoms with Crippen molar-refractivity contribution in [1.82, 2.24) is 0 Å². The Morgan fingerprint density at radius 1 is 1.16 bits per heavy atom. The minimum Gasteiger partial charge on any atom is -0.491 e. The zero-order valence-electron chi connectivity index (χ0n) is 10.2. The summed E-state index contributed by atoms with van der Waals surface area (Å²) in [4.78, 5) is 12.0. The van der Waals surface area contributed by atoms with E-state index in [0.29, 0.717) is 18.0 Å². The van der Waals surface area contributed by atoms with Crippen LogP contribution in [-0.2, 0) is 6.42 Å². The number of rotatable bonds is 2. The van der Waals surface area contributed by atoms with Gasteiger partial charge in [0, 0.05) is 6.42 Å². The number of ether oxygens (including phenoxy) is 1. The summed E-state index contributed by atoms with van der Waals surface area (Å²) in [5.74, 6) is -0.317. The van der Waals surface area contributed by atoms with Gasteiger partial charge in [0.25, 0.3) is 5.91 Å². The van der Waals surface area contributed by atoms with Gasteiger partial charge in [-0.05, 0) is 23.8 Å². The predicted molar refractivity (Wildman–Crippen MR) is 70.0 cm³/mol. The second-order valence-corrected chi connectivity index (χ2v) is 4.33. The van der Waals surface area contributed by atoms with E-state index in [1.807, 2.05) is 12.1 Å². The lowest BCUT2D eigenvalue weighted by Crippen LogP contribution is -2.14. The SMILES string of the molecule is O=C(Nc1cccc2c1OCC2)c1ccccc1F. The summed E-state index contributed by atoms with van der Waals surface area (Å²) < 4.78 is 19.0. The van der Waals surface area contributed by atoms with Crippen molar-refractivity contribution in [3.8, 4) is 5.75 Å². The molecule has 0 saturated carbocycles. The van der Waals surface area contributed by atoms with E-state index in [4.69, 9.17) is 4.74 Å². The van der Waals surface area contributed by atoms with Crippen LogP contribution < -0.4 is 10.1 Å². The average Bonchev–Trinajstić information content (AvgIpc) is 2.88. The zero-order valence-corrected chi connectivity index (χ0v) is 10.2. The number of para-hydroxylation sites is 1. The molecule has 0 bridgehead atoms. The lowest BCUT2D eigenvalue weighted by atomic mass is 10.1. The third-order valence-corrected chi connectivity index (χ3v) is 3.08. The Balaban J connectivity index is 1.89. The molecule has 3 nitrogen and oxygen atoms in total. The molecule has 1 N–H and O–H groups in total. The van der Waals surface area contributed by atoms with E-state index in [0.717, 1.165) is 12.0 Å². The molecular weight excluding hydrogens is 245 g/mol. The van der Waals surface area contributed by atoms with Gasteiger partial charge in [0.05, 0.1) is 17.9 Å². The van der Waals surface area contributed by atoms with Crippen molar-refractivity contribution in [3.63, 3.8) is 0 Å². The van der Waals surface area contributed by atoms with E-state index in [9.17, 15) is 9.18 Å². The molecular formula is C15H12FNO2. The molecule has 1 aliphatic rings. The van der Waals surface area contributed by atoms with Gasteiger partial charge in [-0.3, -0.25) is 4.79 Å². The summed E-state index contributed by atoms with van der Waals surface area (Å²) in [7, 11) is 0. The quantitative estimate of drug-likeness (QED) is 0.898. The van der Waals surface area contributed by atoms with Crippen LogP contribution in [-0.4, -0.2) is 12.5 Å². The molecule has 0 saturated heterocycles. The molecule has 0 aromatic heterocycles. The lowest BCUT2D eigenvalue weighted by molar-refractivity contribution is 0.102. The van der Waals surface area contributed by atoms with E-state index >= 15 is 0 Å². The third-order valence-electron chi connectivity index (χ3n) is 3.08. The summed E-state index contributed by atoms with van der Waals surface area (Å²) >= 11 is 0. The fourth-order valence-corrected chi connectivity index (χ4v) is 2.15. The Morgan fingerprint density at radius 2 is 2.00 bits per heavy atom. The number of benzene rings is 2. The van der Waals surface area contributed by atoms with Gasteiger partial charge in [0.1, 0.15) is 11.6 Å². The van der Waals surface area contributed by atoms with Gasteiger partial charge in [-0.15, -0.1) is 0 Å². The monoisotopic (exact) mass is 257 g/mol. The van der Waals surface area contributed by atoms with Gasteiger partial charge >= 0.3 is 0 Å². The minimum absolute atomic E-state index is 0.0260. The molecule has 4 heteroatoms. The summed E-state index contributed by atoms with van der Waals surface area (Å²) in [5.41, 5.74) is 1.67. The lowest BCUT2D eigenvalue weighted by Gasteiger charge is -2.10. The number of hydrogen-bond donors (Lipinski definition) is 1. The molecule has 96 valence electrons. The summed E-state index contributed by atoms with van der Waals surface area (Å²) in [6.45, 7) is 0.613. The zero-order chi connectivity index (χ0) is 13.2. The van der Waals surface area contributed by atoms with Crippen molar-refractivity contribution < 1.29 is 13.9 Å². The van der Waals surface area contributed by atoms with Crippen LogP contribution in [0.25, 0.3) is 0 Å². The maximum atomic E-state index is 13.5. The largest absolute Gasteiger partial charge is 0.491 e. The Hall–Kier alpha value is -2.36. The highest BCUT2D eigenvalue weighted by atomic mass is 19.1. The molecule has 1 heterocycles. The van der Waals surface area contributed by atoms with Crippen molar-refractivity contribution in [3.05, 3.63) is 59.4 Å². The van der Waals surface area contributed by atoms with Crippen molar-refractivity contribution in [1.29, 1.82) is 0 Å². The average molecular weight is 257 g/mol. The van der Waals surface area contributed by atoms with Gasteiger partial charge in [0.2, 0.25) is 0 Å². The first-order valence-electron chi connectivity index (χ1n) is 6.06. The molecule has 0 radical (unpaired) electrons. The molecule has 0 unspecified atom stereocenters. The number of fused-ring (bicyclic) bond motifs is 1. The fourth-order valence-electron chi connectivity index (χ4n) is 2.15. The van der Waals surface area contributed by atoms with Gasteiger partial charge in [-0.2, -0.15) is 0 Å². The van der Waals surface area contributed by atoms with Crippen LogP contribution in [0.5, 0.6) is 5.75 Å². The van der Waals surface area contributed by atoms with E-state index < -0.39 is 11.7 Å². The molecule has 0 aliphatic carbocycles. The van der Waals surface area contributed by atoms with Crippen LogP contribution in [0.1, 0.15) is 15.9 Å². The van der Waals surface area contributed by atoms with Gasteiger partial charge in [-0.25, -0.2) is 4.39 Å². The second kappa shape index (κ2) is 4.72. The maximum Gasteiger partial charge on any atom is 0.258 e. The number of anilines is 1. The first-order valence-corrected chi connectivity index (χ1v) is 6.06. The van der Waals surface area contributed by atoms with Gasteiger partial charge in [-0.1, -0.05) is 24.3 Å². The van der Waals surface area contributed by atoms with Crippen LogP contribution in [0.3, 0.4) is 0 Å². The minimum atomic E-state index is -0.534. The van der Waals surface area contributed by atoms with Crippen molar-refractivity contribution >= 4 is 11.6 Å². The van der Waals surface area contributed by atoms with Crippen molar-refractivity contribution in [2.75, 3.05) is 11.9 Å². The van der Waals surface area contributed by atoms with E-state index in [1.165, 1.54) is 12.1 Å². The Labute approximate surface area is 110 Å². The molecule has 0 spiro atoms. The molecule has 0 fully saturated rings. The number of carbonyl (C=O) groups excluding carboxylic acids is 1. The van der Waals surface area contributed by atoms with Gasteiger partial charge in [0.15, 0.2) is 0 Å². The molecule has 1 amide bonds. The molecule has 1 aliphatic heterocycles. The standard InChI is InChI=1S/C15H12FNO2/c16-12-6-2-1-5-11(12)15(18)17-13-7-3-4-10-8-9-19-14(10)13/h1-7H,8-9H2,(H,17,18). The molecule has 19 heavy (non-hydrogen) atoms. The van der Waals surface area contributed by atoms with Crippen LogP contribution in [0.2, 0.25) is 0 Å². The van der Waals surface area contributed by atoms with E-state index in [2.05, 4.69) is 5.32 Å². The second-order valence-electron chi connectivity index (χ2n) is 4.33. The van der Waals surface area contributed by atoms with Crippen molar-refractivity contribution in [2.45, 2.75) is 6.42 Å². The number of nitrogens with one attached hydrogen (secondary N) is 1. The van der Waals surface area contributed by atoms with Crippen LogP contribution in [0, 0.1) is 5.82 Å². The normalized spacial score (nSPS) is 12.7. The molecule has 3 rings (SSSR count). The Morgan fingerprint density at radius 3 is 2.84 bits per heavy atom. The summed E-state index contributed by atoms with van der Waals surface area (Å²) in [6.07, 6.45) is 0.832. The number of amides is 1. The van der Waals surface area contributed by atoms with Crippen molar-refractivity contribution in [2.24, 2.45) is 0 Å². The summed E-state index contributed by atoms with van der Waals surface area (Å²) in [6, 6.07) is 11.5. The van der Waals surface area contributed by atoms with E-state index in [1.54, 1.807) is 18.2 Å². The molecule has 0 atom stereocenters. The molecule has 2 aromatic carbocycles. The number of halogens is 1. The number of hydrogen-bond acceptors (Lipinski definition) is 2. The van der Waals surface area contributed by atoms with Gasteiger partial charge < -0.3 is 10.1 Å². The van der Waals surface area contributed by atoms with Crippen LogP contribution in [0.15, 0.2) is 42.5 Å². The Bertz CT molecular complexity index is 640. The highest BCUT2D eigenvalue weighted by Crippen LogP contribution is 2.33. The summed E-state index contributed by atoms with van der Waals surface area (Å²) in [5, 5.41) is 2.70. The topological polar surface area (TPSA) is 38.3 Å². The maximum absolute atomic E-state index is 13.5.